The normalized spacial score (nSPS) is 16.9. The smallest absolute Gasteiger partial charge is 0.261 e. The largest absolute Gasteiger partial charge is 0.326 e. The van der Waals surface area contributed by atoms with Crippen molar-refractivity contribution in [3.63, 3.8) is 0 Å². The van der Waals surface area contributed by atoms with Crippen molar-refractivity contribution in [3.8, 4) is 0 Å². The highest BCUT2D eigenvalue weighted by molar-refractivity contribution is 8.13. The molecule has 1 aliphatic rings. The molecule has 20 heavy (non-hydrogen) atoms. The minimum atomic E-state index is -3.73. The molecule has 0 bridgehead atoms. The van der Waals surface area contributed by atoms with Crippen LogP contribution in [0.2, 0.25) is 0 Å². The van der Waals surface area contributed by atoms with E-state index in [0.29, 0.717) is 11.3 Å². The molecule has 1 amide bonds. The van der Waals surface area contributed by atoms with Crippen LogP contribution in [0.1, 0.15) is 37.7 Å². The molecule has 1 aromatic carbocycles. The van der Waals surface area contributed by atoms with Gasteiger partial charge in [-0.3, -0.25) is 4.79 Å². The van der Waals surface area contributed by atoms with Crippen LogP contribution in [-0.2, 0) is 13.8 Å². The zero-order valence-corrected chi connectivity index (χ0v) is 12.9. The van der Waals surface area contributed by atoms with Gasteiger partial charge in [-0.25, -0.2) is 8.42 Å². The Bertz CT molecular complexity index is 607. The highest BCUT2D eigenvalue weighted by atomic mass is 35.7. The lowest BCUT2D eigenvalue weighted by Gasteiger charge is -2.21. The third-order valence-corrected chi connectivity index (χ3v) is 5.06. The van der Waals surface area contributed by atoms with Crippen LogP contribution in [0.5, 0.6) is 0 Å². The number of amides is 1. The highest BCUT2D eigenvalue weighted by Gasteiger charge is 2.21. The van der Waals surface area contributed by atoms with Crippen LogP contribution >= 0.6 is 10.7 Å². The van der Waals surface area contributed by atoms with Gasteiger partial charge >= 0.3 is 0 Å². The van der Waals surface area contributed by atoms with Gasteiger partial charge < -0.3 is 5.32 Å². The third kappa shape index (κ3) is 3.73. The second kappa shape index (κ2) is 6.14. The molecule has 0 heterocycles. The first-order valence-corrected chi connectivity index (χ1v) is 9.05. The second-order valence-corrected chi connectivity index (χ2v) is 7.80. The van der Waals surface area contributed by atoms with Gasteiger partial charge in [0.25, 0.3) is 9.05 Å². The van der Waals surface area contributed by atoms with Crippen molar-refractivity contribution in [1.29, 1.82) is 0 Å². The number of carbonyl (C=O) groups is 1. The molecule has 110 valence electrons. The maximum Gasteiger partial charge on any atom is 0.261 e. The maximum absolute atomic E-state index is 12.1. The molecular weight excluding hydrogens is 298 g/mol. The Balaban J connectivity index is 2.11. The standard InChI is InChI=1S/C14H18ClNO3S/c1-10-9-12(20(15,18)19)7-8-13(10)16-14(17)11-5-3-2-4-6-11/h7-9,11H,2-6H2,1H3,(H,16,17). The Morgan fingerprint density at radius 3 is 2.45 bits per heavy atom. The molecule has 1 saturated carbocycles. The summed E-state index contributed by atoms with van der Waals surface area (Å²) in [5, 5.41) is 2.88. The summed E-state index contributed by atoms with van der Waals surface area (Å²) in [4.78, 5) is 12.2. The molecule has 0 radical (unpaired) electrons. The van der Waals surface area contributed by atoms with Gasteiger partial charge in [0.05, 0.1) is 4.90 Å². The lowest BCUT2D eigenvalue weighted by Crippen LogP contribution is -2.25. The van der Waals surface area contributed by atoms with Crippen LogP contribution < -0.4 is 5.32 Å². The quantitative estimate of drug-likeness (QED) is 0.869. The van der Waals surface area contributed by atoms with Crippen LogP contribution in [-0.4, -0.2) is 14.3 Å². The van der Waals surface area contributed by atoms with Crippen molar-refractivity contribution in [2.75, 3.05) is 5.32 Å². The molecule has 0 unspecified atom stereocenters. The first kappa shape index (κ1) is 15.3. The van der Waals surface area contributed by atoms with Crippen molar-refractivity contribution in [2.45, 2.75) is 43.9 Å². The van der Waals surface area contributed by atoms with Crippen LogP contribution in [0.25, 0.3) is 0 Å². The summed E-state index contributed by atoms with van der Waals surface area (Å²) in [6.07, 6.45) is 5.25. The second-order valence-electron chi connectivity index (χ2n) is 5.24. The molecule has 1 aromatic rings. The Labute approximate surface area is 123 Å². The summed E-state index contributed by atoms with van der Waals surface area (Å²) < 4.78 is 22.5. The summed E-state index contributed by atoms with van der Waals surface area (Å²) in [5.41, 5.74) is 1.33. The predicted octanol–water partition coefficient (Wildman–Crippen LogP) is 3.44. The summed E-state index contributed by atoms with van der Waals surface area (Å²) in [6, 6.07) is 4.47. The van der Waals surface area contributed by atoms with Crippen LogP contribution in [0.4, 0.5) is 5.69 Å². The molecule has 0 saturated heterocycles. The van der Waals surface area contributed by atoms with Gasteiger partial charge in [-0.15, -0.1) is 0 Å². The fraction of sp³-hybridized carbons (Fsp3) is 0.500. The summed E-state index contributed by atoms with van der Waals surface area (Å²) in [6.45, 7) is 1.75. The van der Waals surface area contributed by atoms with E-state index < -0.39 is 9.05 Å². The van der Waals surface area contributed by atoms with Gasteiger partial charge in [-0.1, -0.05) is 19.3 Å². The number of hydrogen-bond donors (Lipinski definition) is 1. The molecule has 0 spiro atoms. The molecule has 0 aliphatic heterocycles. The SMILES string of the molecule is Cc1cc(S(=O)(=O)Cl)ccc1NC(=O)C1CCCCC1. The fourth-order valence-electron chi connectivity index (χ4n) is 2.53. The average molecular weight is 316 g/mol. The van der Waals surface area contributed by atoms with E-state index in [1.807, 2.05) is 0 Å². The zero-order chi connectivity index (χ0) is 14.8. The number of nitrogens with one attached hydrogen (secondary N) is 1. The lowest BCUT2D eigenvalue weighted by atomic mass is 9.88. The van der Waals surface area contributed by atoms with E-state index in [9.17, 15) is 13.2 Å². The van der Waals surface area contributed by atoms with Crippen molar-refractivity contribution in [2.24, 2.45) is 5.92 Å². The van der Waals surface area contributed by atoms with Crippen molar-refractivity contribution in [3.05, 3.63) is 23.8 Å². The van der Waals surface area contributed by atoms with Crippen molar-refractivity contribution in [1.82, 2.24) is 0 Å². The number of hydrogen-bond acceptors (Lipinski definition) is 3. The molecule has 4 nitrogen and oxygen atoms in total. The average Bonchev–Trinajstić information content (AvgIpc) is 2.41. The van der Waals surface area contributed by atoms with E-state index in [0.717, 1.165) is 25.7 Å². The Morgan fingerprint density at radius 1 is 1.25 bits per heavy atom. The van der Waals surface area contributed by atoms with E-state index in [2.05, 4.69) is 5.32 Å². The van der Waals surface area contributed by atoms with E-state index in [1.165, 1.54) is 18.6 Å². The molecule has 0 aromatic heterocycles. The van der Waals surface area contributed by atoms with Gasteiger partial charge in [0, 0.05) is 22.3 Å². The molecule has 2 rings (SSSR count). The van der Waals surface area contributed by atoms with E-state index >= 15 is 0 Å². The van der Waals surface area contributed by atoms with Gasteiger partial charge in [0.1, 0.15) is 0 Å². The zero-order valence-electron chi connectivity index (χ0n) is 11.4. The van der Waals surface area contributed by atoms with Gasteiger partial charge in [-0.05, 0) is 43.5 Å². The number of anilines is 1. The molecule has 6 heteroatoms. The highest BCUT2D eigenvalue weighted by Crippen LogP contribution is 2.27. The van der Waals surface area contributed by atoms with Gasteiger partial charge in [-0.2, -0.15) is 0 Å². The predicted molar refractivity (Wildman–Crippen MR) is 79.4 cm³/mol. The van der Waals surface area contributed by atoms with E-state index in [1.54, 1.807) is 13.0 Å². The molecular formula is C14H18ClNO3S. The number of carbonyl (C=O) groups excluding carboxylic acids is 1. The van der Waals surface area contributed by atoms with Gasteiger partial charge in [0.15, 0.2) is 0 Å². The summed E-state index contributed by atoms with van der Waals surface area (Å²) in [7, 11) is 1.56. The summed E-state index contributed by atoms with van der Waals surface area (Å²) in [5.74, 6) is 0.0915. The Morgan fingerprint density at radius 2 is 1.90 bits per heavy atom. The number of rotatable bonds is 3. The van der Waals surface area contributed by atoms with E-state index in [4.69, 9.17) is 10.7 Å². The van der Waals surface area contributed by atoms with Crippen LogP contribution in [0, 0.1) is 12.8 Å². The topological polar surface area (TPSA) is 63.2 Å². The van der Waals surface area contributed by atoms with Crippen molar-refractivity contribution >= 4 is 31.3 Å². The Hall–Kier alpha value is -1.07. The van der Waals surface area contributed by atoms with Gasteiger partial charge in [0.2, 0.25) is 5.91 Å². The number of halogens is 1. The number of benzene rings is 1. The number of aryl methyl sites for hydroxylation is 1. The van der Waals surface area contributed by atoms with Crippen LogP contribution in [0.3, 0.4) is 0 Å². The fourth-order valence-corrected chi connectivity index (χ4v) is 3.36. The third-order valence-electron chi connectivity index (χ3n) is 3.71. The molecule has 1 N–H and O–H groups in total. The summed E-state index contributed by atoms with van der Waals surface area (Å²) >= 11 is 0. The minimum absolute atomic E-state index is 0.0225. The molecule has 1 aliphatic carbocycles. The first-order chi connectivity index (χ1) is 9.38. The first-order valence-electron chi connectivity index (χ1n) is 6.74. The lowest BCUT2D eigenvalue weighted by molar-refractivity contribution is -0.120. The van der Waals surface area contributed by atoms with Crippen molar-refractivity contribution < 1.29 is 13.2 Å². The monoisotopic (exact) mass is 315 g/mol. The maximum atomic E-state index is 12.1. The minimum Gasteiger partial charge on any atom is -0.326 e. The molecule has 1 fully saturated rings. The van der Waals surface area contributed by atoms with Crippen LogP contribution in [0.15, 0.2) is 23.1 Å². The molecule has 0 atom stereocenters. The van der Waals surface area contributed by atoms with E-state index in [-0.39, 0.29) is 16.7 Å². The Kier molecular flexibility index (Phi) is 4.70.